The number of nitrogens with zero attached hydrogens (tertiary/aromatic N) is 2. The van der Waals surface area contributed by atoms with Gasteiger partial charge in [0.05, 0.1) is 5.69 Å². The highest BCUT2D eigenvalue weighted by Crippen LogP contribution is 2.31. The van der Waals surface area contributed by atoms with Crippen molar-refractivity contribution in [1.82, 2.24) is 10.3 Å². The van der Waals surface area contributed by atoms with Crippen LogP contribution in [0, 0.1) is 0 Å². The number of hydrogen-bond donors (Lipinski definition) is 1. The lowest BCUT2D eigenvalue weighted by molar-refractivity contribution is 0.589. The molecule has 0 amide bonds. The molecule has 104 valence electrons. The lowest BCUT2D eigenvalue weighted by Gasteiger charge is -2.25. The van der Waals surface area contributed by atoms with Crippen LogP contribution in [0.1, 0.15) is 57.0 Å². The Morgan fingerprint density at radius 1 is 1.28 bits per heavy atom. The Kier molecular flexibility index (Phi) is 6.09. The first-order valence-electron chi connectivity index (χ1n) is 6.92. The van der Waals surface area contributed by atoms with Crippen LogP contribution in [0.3, 0.4) is 0 Å². The number of thiazole rings is 1. The first kappa shape index (κ1) is 15.4. The summed E-state index contributed by atoms with van der Waals surface area (Å²) in [5.74, 6) is 0.494. The van der Waals surface area contributed by atoms with Gasteiger partial charge < -0.3 is 10.2 Å². The predicted molar refractivity (Wildman–Crippen MR) is 81.7 cm³/mol. The van der Waals surface area contributed by atoms with Crippen molar-refractivity contribution in [3.05, 3.63) is 10.6 Å². The van der Waals surface area contributed by atoms with Crippen molar-refractivity contribution in [3.63, 3.8) is 0 Å². The highest BCUT2D eigenvalue weighted by atomic mass is 32.1. The summed E-state index contributed by atoms with van der Waals surface area (Å²) in [6.07, 6.45) is 2.34. The van der Waals surface area contributed by atoms with Gasteiger partial charge in [-0.2, -0.15) is 0 Å². The number of rotatable bonds is 7. The van der Waals surface area contributed by atoms with E-state index in [4.69, 9.17) is 4.98 Å². The zero-order valence-corrected chi connectivity index (χ0v) is 13.4. The van der Waals surface area contributed by atoms with E-state index in [1.165, 1.54) is 23.4 Å². The Morgan fingerprint density at radius 3 is 2.33 bits per heavy atom. The largest absolute Gasteiger partial charge is 0.348 e. The summed E-state index contributed by atoms with van der Waals surface area (Å²) in [4.78, 5) is 8.57. The molecule has 0 atom stereocenters. The zero-order valence-electron chi connectivity index (χ0n) is 12.6. The molecule has 0 radical (unpaired) electrons. The van der Waals surface area contributed by atoms with E-state index in [-0.39, 0.29) is 0 Å². The molecule has 0 fully saturated rings. The first-order chi connectivity index (χ1) is 8.54. The minimum atomic E-state index is 0.494. The third kappa shape index (κ3) is 3.45. The first-order valence-corrected chi connectivity index (χ1v) is 7.73. The smallest absolute Gasteiger partial charge is 0.185 e. The number of nitrogens with one attached hydrogen (secondary N) is 1. The van der Waals surface area contributed by atoms with Crippen LogP contribution >= 0.6 is 11.3 Å². The van der Waals surface area contributed by atoms with Crippen LogP contribution in [-0.2, 0) is 6.54 Å². The van der Waals surface area contributed by atoms with E-state index in [9.17, 15) is 0 Å². The summed E-state index contributed by atoms with van der Waals surface area (Å²) in [7, 11) is 4.16. The van der Waals surface area contributed by atoms with Gasteiger partial charge in [0, 0.05) is 24.5 Å². The van der Waals surface area contributed by atoms with Gasteiger partial charge in [-0.3, -0.25) is 0 Å². The molecule has 0 aromatic carbocycles. The van der Waals surface area contributed by atoms with Gasteiger partial charge in [0.25, 0.3) is 0 Å². The summed E-state index contributed by atoms with van der Waals surface area (Å²) in [6.45, 7) is 9.85. The van der Waals surface area contributed by atoms with Crippen molar-refractivity contribution >= 4 is 16.5 Å². The Hall–Kier alpha value is -0.610. The molecule has 18 heavy (non-hydrogen) atoms. The molecule has 0 saturated carbocycles. The van der Waals surface area contributed by atoms with Gasteiger partial charge >= 0.3 is 0 Å². The standard InChI is InChI=1S/C14H27N3S/c1-7-11(8-2)17(6)14-16-13(10(3)4)12(18-14)9-15-5/h10-11,15H,7-9H2,1-6H3. The van der Waals surface area contributed by atoms with Crippen LogP contribution in [-0.4, -0.2) is 25.1 Å². The molecule has 1 rings (SSSR count). The van der Waals surface area contributed by atoms with E-state index in [1.807, 2.05) is 18.4 Å². The quantitative estimate of drug-likeness (QED) is 0.819. The predicted octanol–water partition coefficient (Wildman–Crippen LogP) is 3.61. The molecule has 0 aliphatic carbocycles. The lowest BCUT2D eigenvalue weighted by Crippen LogP contribution is -2.30. The molecule has 1 aromatic rings. The fraction of sp³-hybridized carbons (Fsp3) is 0.786. The van der Waals surface area contributed by atoms with Crippen LogP contribution < -0.4 is 10.2 Å². The highest BCUT2D eigenvalue weighted by molar-refractivity contribution is 7.15. The second-order valence-corrected chi connectivity index (χ2v) is 6.13. The average Bonchev–Trinajstić information content (AvgIpc) is 2.75. The third-order valence-electron chi connectivity index (χ3n) is 3.39. The molecule has 3 nitrogen and oxygen atoms in total. The van der Waals surface area contributed by atoms with Gasteiger partial charge in [-0.25, -0.2) is 4.98 Å². The van der Waals surface area contributed by atoms with E-state index in [1.54, 1.807) is 0 Å². The molecule has 0 aliphatic rings. The number of anilines is 1. The molecule has 4 heteroatoms. The second-order valence-electron chi connectivity index (χ2n) is 5.07. The maximum Gasteiger partial charge on any atom is 0.185 e. The van der Waals surface area contributed by atoms with Crippen LogP contribution in [0.25, 0.3) is 0 Å². The topological polar surface area (TPSA) is 28.2 Å². The zero-order chi connectivity index (χ0) is 13.7. The number of aromatic nitrogens is 1. The van der Waals surface area contributed by atoms with Crippen LogP contribution in [0.2, 0.25) is 0 Å². The summed E-state index contributed by atoms with van der Waals surface area (Å²) < 4.78 is 0. The van der Waals surface area contributed by atoms with Crippen molar-refractivity contribution in [3.8, 4) is 0 Å². The van der Waals surface area contributed by atoms with Crippen molar-refractivity contribution in [2.75, 3.05) is 19.0 Å². The molecule has 0 bridgehead atoms. The van der Waals surface area contributed by atoms with Crippen LogP contribution in [0.5, 0.6) is 0 Å². The average molecular weight is 269 g/mol. The molecule has 0 saturated heterocycles. The van der Waals surface area contributed by atoms with Crippen molar-refractivity contribution in [2.24, 2.45) is 0 Å². The normalized spacial score (nSPS) is 11.6. The van der Waals surface area contributed by atoms with E-state index >= 15 is 0 Å². The molecule has 1 aromatic heterocycles. The maximum atomic E-state index is 4.85. The van der Waals surface area contributed by atoms with Crippen LogP contribution in [0.4, 0.5) is 5.13 Å². The molecule has 1 N–H and O–H groups in total. The molecular weight excluding hydrogens is 242 g/mol. The Morgan fingerprint density at radius 2 is 1.89 bits per heavy atom. The molecular formula is C14H27N3S. The van der Waals surface area contributed by atoms with Crippen molar-refractivity contribution < 1.29 is 0 Å². The monoisotopic (exact) mass is 269 g/mol. The van der Waals surface area contributed by atoms with Crippen molar-refractivity contribution in [1.29, 1.82) is 0 Å². The molecule has 0 unspecified atom stereocenters. The van der Waals surface area contributed by atoms with Gasteiger partial charge in [-0.1, -0.05) is 27.7 Å². The van der Waals surface area contributed by atoms with Gasteiger partial charge in [-0.15, -0.1) is 11.3 Å². The fourth-order valence-corrected chi connectivity index (χ4v) is 3.49. The van der Waals surface area contributed by atoms with Gasteiger partial charge in [0.1, 0.15) is 0 Å². The summed E-state index contributed by atoms with van der Waals surface area (Å²) in [6, 6.07) is 0.596. The number of hydrogen-bond acceptors (Lipinski definition) is 4. The summed E-state index contributed by atoms with van der Waals surface area (Å²) >= 11 is 1.83. The SMILES string of the molecule is CCC(CC)N(C)c1nc(C(C)C)c(CNC)s1. The highest BCUT2D eigenvalue weighted by Gasteiger charge is 2.19. The lowest BCUT2D eigenvalue weighted by atomic mass is 10.1. The molecule has 0 spiro atoms. The van der Waals surface area contributed by atoms with E-state index in [0.717, 1.165) is 11.7 Å². The minimum Gasteiger partial charge on any atom is -0.348 e. The van der Waals surface area contributed by atoms with E-state index in [0.29, 0.717) is 12.0 Å². The van der Waals surface area contributed by atoms with E-state index < -0.39 is 0 Å². The second kappa shape index (κ2) is 7.10. The Labute approximate surface area is 116 Å². The van der Waals surface area contributed by atoms with E-state index in [2.05, 4.69) is 45.0 Å². The maximum absolute atomic E-state index is 4.85. The third-order valence-corrected chi connectivity index (χ3v) is 4.55. The fourth-order valence-electron chi connectivity index (χ4n) is 2.23. The summed E-state index contributed by atoms with van der Waals surface area (Å²) in [5, 5.41) is 4.41. The molecule has 1 heterocycles. The molecule has 0 aliphatic heterocycles. The van der Waals surface area contributed by atoms with Crippen LogP contribution in [0.15, 0.2) is 0 Å². The van der Waals surface area contributed by atoms with Gasteiger partial charge in [0.2, 0.25) is 0 Å². The minimum absolute atomic E-state index is 0.494. The van der Waals surface area contributed by atoms with Gasteiger partial charge in [-0.05, 0) is 25.8 Å². The van der Waals surface area contributed by atoms with Gasteiger partial charge in [0.15, 0.2) is 5.13 Å². The summed E-state index contributed by atoms with van der Waals surface area (Å²) in [5.41, 5.74) is 1.25. The Balaban J connectivity index is 2.99. The Bertz CT molecular complexity index is 356. The van der Waals surface area contributed by atoms with Crippen molar-refractivity contribution in [2.45, 2.75) is 59.0 Å².